The van der Waals surface area contributed by atoms with Crippen LogP contribution in [0.3, 0.4) is 0 Å². The van der Waals surface area contributed by atoms with Gasteiger partial charge in [0.15, 0.2) is 0 Å². The van der Waals surface area contributed by atoms with Crippen molar-refractivity contribution in [3.8, 4) is 0 Å². The van der Waals surface area contributed by atoms with Gasteiger partial charge >= 0.3 is 0 Å². The van der Waals surface area contributed by atoms with Gasteiger partial charge in [-0.15, -0.1) is 0 Å². The van der Waals surface area contributed by atoms with Gasteiger partial charge in [-0.25, -0.2) is 18.5 Å². The van der Waals surface area contributed by atoms with Gasteiger partial charge in [0.1, 0.15) is 5.82 Å². The molecule has 1 spiro atoms. The summed E-state index contributed by atoms with van der Waals surface area (Å²) >= 11 is 0. The van der Waals surface area contributed by atoms with Crippen LogP contribution < -0.4 is 15.8 Å². The topological polar surface area (TPSA) is 127 Å². The Labute approximate surface area is 138 Å². The molecule has 0 saturated heterocycles. The second-order valence-corrected chi connectivity index (χ2v) is 7.70. The molecule has 0 unspecified atom stereocenters. The Balaban J connectivity index is 1.63. The fourth-order valence-electron chi connectivity index (χ4n) is 2.93. The number of nitrogens with one attached hydrogen (secondary N) is 2. The minimum absolute atomic E-state index is 0.0161. The van der Waals surface area contributed by atoms with E-state index in [9.17, 15) is 13.2 Å². The Bertz CT molecular complexity index is 983. The molecule has 4 rings (SSSR count). The highest BCUT2D eigenvalue weighted by atomic mass is 32.2. The van der Waals surface area contributed by atoms with Crippen molar-refractivity contribution in [1.82, 2.24) is 9.97 Å². The molecule has 9 heteroatoms. The Morgan fingerprint density at radius 3 is 2.71 bits per heavy atom. The lowest BCUT2D eigenvalue weighted by molar-refractivity contribution is -0.117. The molecular weight excluding hydrogens is 330 g/mol. The summed E-state index contributed by atoms with van der Waals surface area (Å²) < 4.78 is 22.7. The lowest BCUT2D eigenvalue weighted by atomic mass is 10.0. The van der Waals surface area contributed by atoms with E-state index in [-0.39, 0.29) is 10.8 Å². The molecule has 8 nitrogen and oxygen atoms in total. The second kappa shape index (κ2) is 4.74. The van der Waals surface area contributed by atoms with E-state index in [0.717, 1.165) is 18.4 Å². The van der Waals surface area contributed by atoms with Crippen LogP contribution in [-0.4, -0.2) is 24.3 Å². The predicted molar refractivity (Wildman–Crippen MR) is 87.4 cm³/mol. The van der Waals surface area contributed by atoms with Gasteiger partial charge in [0, 0.05) is 17.4 Å². The molecular formula is C15H15N5O3S. The quantitative estimate of drug-likeness (QED) is 0.766. The van der Waals surface area contributed by atoms with Crippen LogP contribution in [0.5, 0.6) is 0 Å². The third-order valence-corrected chi connectivity index (χ3v) is 5.40. The van der Waals surface area contributed by atoms with Crippen LogP contribution in [-0.2, 0) is 20.2 Å². The first-order chi connectivity index (χ1) is 11.3. The minimum Gasteiger partial charge on any atom is -0.324 e. The molecule has 1 saturated carbocycles. The SMILES string of the molecule is Cc1cc(S(N)(=O)=O)ccc1Nc1ncc2c(n1)NC(=O)C21CC1. The molecule has 2 aromatic rings. The largest absolute Gasteiger partial charge is 0.324 e. The molecule has 124 valence electrons. The smallest absolute Gasteiger partial charge is 0.238 e. The number of hydrogen-bond donors (Lipinski definition) is 3. The number of carbonyl (C=O) groups excluding carboxylic acids is 1. The van der Waals surface area contributed by atoms with Crippen LogP contribution in [0.15, 0.2) is 29.3 Å². The van der Waals surface area contributed by atoms with Crippen molar-refractivity contribution in [2.24, 2.45) is 5.14 Å². The molecule has 2 aliphatic rings. The van der Waals surface area contributed by atoms with E-state index in [0.29, 0.717) is 23.0 Å². The van der Waals surface area contributed by atoms with Gasteiger partial charge in [-0.05, 0) is 43.5 Å². The molecule has 1 aliphatic heterocycles. The number of primary sulfonamides is 1. The highest BCUT2D eigenvalue weighted by molar-refractivity contribution is 7.89. The van der Waals surface area contributed by atoms with Crippen LogP contribution in [0.1, 0.15) is 24.0 Å². The number of nitrogens with zero attached hydrogens (tertiary/aromatic N) is 2. The normalized spacial score (nSPS) is 17.5. The van der Waals surface area contributed by atoms with Crippen LogP contribution >= 0.6 is 0 Å². The van der Waals surface area contributed by atoms with Crippen molar-refractivity contribution < 1.29 is 13.2 Å². The van der Waals surface area contributed by atoms with Crippen LogP contribution in [0.2, 0.25) is 0 Å². The molecule has 4 N–H and O–H groups in total. The van der Waals surface area contributed by atoms with E-state index in [1.54, 1.807) is 19.2 Å². The fraction of sp³-hybridized carbons (Fsp3) is 0.267. The minimum atomic E-state index is -3.74. The zero-order valence-electron chi connectivity index (χ0n) is 12.8. The van der Waals surface area contributed by atoms with Crippen molar-refractivity contribution in [3.63, 3.8) is 0 Å². The molecule has 0 atom stereocenters. The summed E-state index contributed by atoms with van der Waals surface area (Å²) in [4.78, 5) is 20.7. The van der Waals surface area contributed by atoms with Crippen molar-refractivity contribution >= 4 is 33.4 Å². The molecule has 1 fully saturated rings. The molecule has 1 amide bonds. The number of nitrogens with two attached hydrogens (primary N) is 1. The lowest BCUT2D eigenvalue weighted by Crippen LogP contribution is -2.18. The van der Waals surface area contributed by atoms with Crippen molar-refractivity contribution in [3.05, 3.63) is 35.5 Å². The third kappa shape index (κ3) is 2.24. The Kier molecular flexibility index (Phi) is 2.97. The first-order valence-electron chi connectivity index (χ1n) is 7.39. The molecule has 0 radical (unpaired) electrons. The van der Waals surface area contributed by atoms with E-state index >= 15 is 0 Å². The van der Waals surface area contributed by atoms with Gasteiger partial charge in [0.05, 0.1) is 10.3 Å². The average Bonchev–Trinajstić information content (AvgIpc) is 3.25. The molecule has 0 bridgehead atoms. The van der Waals surface area contributed by atoms with E-state index in [2.05, 4.69) is 20.6 Å². The first-order valence-corrected chi connectivity index (χ1v) is 8.94. The number of benzene rings is 1. The highest BCUT2D eigenvalue weighted by Crippen LogP contribution is 2.54. The first kappa shape index (κ1) is 15.0. The average molecular weight is 345 g/mol. The Morgan fingerprint density at radius 2 is 2.08 bits per heavy atom. The number of fused-ring (bicyclic) bond motifs is 2. The monoisotopic (exact) mass is 345 g/mol. The number of rotatable bonds is 3. The molecule has 1 aromatic heterocycles. The fourth-order valence-corrected chi connectivity index (χ4v) is 3.53. The third-order valence-electron chi connectivity index (χ3n) is 4.49. The number of anilines is 3. The highest BCUT2D eigenvalue weighted by Gasteiger charge is 2.57. The van der Waals surface area contributed by atoms with Gasteiger partial charge in [-0.2, -0.15) is 4.98 Å². The molecule has 1 aromatic carbocycles. The lowest BCUT2D eigenvalue weighted by Gasteiger charge is -2.10. The van der Waals surface area contributed by atoms with E-state index in [1.165, 1.54) is 12.1 Å². The van der Waals surface area contributed by atoms with E-state index < -0.39 is 15.4 Å². The summed E-state index contributed by atoms with van der Waals surface area (Å²) in [5.41, 5.74) is 1.78. The molecule has 24 heavy (non-hydrogen) atoms. The number of carbonyl (C=O) groups is 1. The Hall–Kier alpha value is -2.52. The number of aryl methyl sites for hydroxylation is 1. The predicted octanol–water partition coefficient (Wildman–Crippen LogP) is 1.16. The van der Waals surface area contributed by atoms with E-state index in [4.69, 9.17) is 5.14 Å². The number of amides is 1. The van der Waals surface area contributed by atoms with Crippen LogP contribution in [0.4, 0.5) is 17.5 Å². The molecule has 1 aliphatic carbocycles. The van der Waals surface area contributed by atoms with Crippen LogP contribution in [0, 0.1) is 6.92 Å². The van der Waals surface area contributed by atoms with Crippen molar-refractivity contribution in [1.29, 1.82) is 0 Å². The number of aromatic nitrogens is 2. The van der Waals surface area contributed by atoms with Crippen LogP contribution in [0.25, 0.3) is 0 Å². The summed E-state index contributed by atoms with van der Waals surface area (Å²) in [6.07, 6.45) is 3.33. The van der Waals surface area contributed by atoms with E-state index in [1.807, 2.05) is 0 Å². The molecule has 2 heterocycles. The zero-order chi connectivity index (χ0) is 17.1. The van der Waals surface area contributed by atoms with Gasteiger partial charge in [-0.1, -0.05) is 0 Å². The summed E-state index contributed by atoms with van der Waals surface area (Å²) in [5, 5.41) is 10.9. The maximum absolute atomic E-state index is 12.0. The van der Waals surface area contributed by atoms with Gasteiger partial charge in [0.25, 0.3) is 0 Å². The van der Waals surface area contributed by atoms with Gasteiger partial charge in [0.2, 0.25) is 21.9 Å². The Morgan fingerprint density at radius 1 is 1.33 bits per heavy atom. The number of hydrogen-bond acceptors (Lipinski definition) is 6. The van der Waals surface area contributed by atoms with Gasteiger partial charge in [-0.3, -0.25) is 4.79 Å². The summed E-state index contributed by atoms with van der Waals surface area (Å²) in [5.74, 6) is 0.852. The summed E-state index contributed by atoms with van der Waals surface area (Å²) in [7, 11) is -3.74. The standard InChI is InChI=1S/C15H15N5O3S/c1-8-6-9(24(16,22)23)2-3-11(8)18-14-17-7-10-12(20-14)19-13(21)15(10)4-5-15/h2-3,6-7H,4-5H2,1H3,(H2,16,22,23)(H2,17,18,19,20,21). The summed E-state index contributed by atoms with van der Waals surface area (Å²) in [6.45, 7) is 1.76. The summed E-state index contributed by atoms with van der Waals surface area (Å²) in [6, 6.07) is 4.50. The number of sulfonamides is 1. The maximum Gasteiger partial charge on any atom is 0.238 e. The zero-order valence-corrected chi connectivity index (χ0v) is 13.6. The second-order valence-electron chi connectivity index (χ2n) is 6.14. The van der Waals surface area contributed by atoms with Crippen molar-refractivity contribution in [2.75, 3.05) is 10.6 Å². The maximum atomic E-state index is 12.0. The van der Waals surface area contributed by atoms with Gasteiger partial charge < -0.3 is 10.6 Å². The van der Waals surface area contributed by atoms with Crippen molar-refractivity contribution in [2.45, 2.75) is 30.1 Å².